The largest absolute Gasteiger partial charge is 0.212 e. The molecular weight excluding hydrogens is 123 g/mol. The molecule has 0 atom stereocenters. The summed E-state index contributed by atoms with van der Waals surface area (Å²) in [5.74, 6) is -0.215. The van der Waals surface area contributed by atoms with Crippen LogP contribution in [0.1, 0.15) is 13.8 Å². The van der Waals surface area contributed by atoms with Crippen molar-refractivity contribution in [1.29, 1.82) is 0 Å². The highest BCUT2D eigenvalue weighted by atomic mass is 32.1. The van der Waals surface area contributed by atoms with Crippen molar-refractivity contribution in [2.24, 2.45) is 0 Å². The van der Waals surface area contributed by atoms with Crippen LogP contribution in [0.25, 0.3) is 0 Å². The second-order valence-corrected chi connectivity index (χ2v) is 1.96. The molecule has 0 aliphatic rings. The van der Waals surface area contributed by atoms with E-state index in [4.69, 9.17) is 0 Å². The predicted octanol–water partition coefficient (Wildman–Crippen LogP) is 2.69. The molecule has 0 aliphatic carbocycles. The highest BCUT2D eigenvalue weighted by molar-refractivity contribution is 7.84. The molecule has 0 nitrogen and oxygen atoms in total. The van der Waals surface area contributed by atoms with Gasteiger partial charge in [0.15, 0.2) is 0 Å². The van der Waals surface area contributed by atoms with Gasteiger partial charge >= 0.3 is 0 Å². The maximum absolute atomic E-state index is 11.9. The minimum absolute atomic E-state index is 0.215. The topological polar surface area (TPSA) is 0 Å². The zero-order chi connectivity index (χ0) is 6.57. The molecule has 0 aliphatic heterocycles. The van der Waals surface area contributed by atoms with Crippen LogP contribution in [0.15, 0.2) is 22.9 Å². The first-order chi connectivity index (χ1) is 3.66. The average molecular weight is 132 g/mol. The molecule has 0 unspecified atom stereocenters. The van der Waals surface area contributed by atoms with Crippen LogP contribution in [0.4, 0.5) is 4.39 Å². The van der Waals surface area contributed by atoms with Crippen LogP contribution in [0.2, 0.25) is 0 Å². The maximum Gasteiger partial charge on any atom is 0.0979 e. The van der Waals surface area contributed by atoms with E-state index in [9.17, 15) is 4.39 Å². The molecular formula is C6H9FS. The van der Waals surface area contributed by atoms with E-state index < -0.39 is 0 Å². The van der Waals surface area contributed by atoms with Gasteiger partial charge in [0.2, 0.25) is 0 Å². The third kappa shape index (κ3) is 3.93. The lowest BCUT2D eigenvalue weighted by Crippen LogP contribution is -1.62. The Kier molecular flexibility index (Phi) is 3.61. The molecule has 0 saturated heterocycles. The summed E-state index contributed by atoms with van der Waals surface area (Å²) >= 11 is 3.91. The molecule has 0 radical (unpaired) electrons. The fraction of sp³-hybridized carbons (Fsp3) is 0.333. The summed E-state index contributed by atoms with van der Waals surface area (Å²) in [5.41, 5.74) is 0. The van der Waals surface area contributed by atoms with Crippen LogP contribution in [-0.2, 0) is 0 Å². The van der Waals surface area contributed by atoms with E-state index in [-0.39, 0.29) is 5.83 Å². The van der Waals surface area contributed by atoms with Crippen molar-refractivity contribution in [2.75, 3.05) is 0 Å². The molecule has 0 rings (SSSR count). The Morgan fingerprint density at radius 2 is 2.12 bits per heavy atom. The van der Waals surface area contributed by atoms with Crippen LogP contribution in [-0.4, -0.2) is 0 Å². The molecule has 8 heavy (non-hydrogen) atoms. The SMILES string of the molecule is C/C=C(S)\C=C(/C)F. The smallest absolute Gasteiger partial charge is 0.0979 e. The van der Waals surface area contributed by atoms with Crippen LogP contribution >= 0.6 is 12.6 Å². The van der Waals surface area contributed by atoms with E-state index in [1.807, 2.05) is 6.92 Å². The number of hydrogen-bond acceptors (Lipinski definition) is 1. The maximum atomic E-state index is 11.9. The monoisotopic (exact) mass is 132 g/mol. The molecule has 0 saturated carbocycles. The molecule has 0 aromatic rings. The fourth-order valence-corrected chi connectivity index (χ4v) is 0.465. The number of thiol groups is 1. The van der Waals surface area contributed by atoms with Crippen molar-refractivity contribution in [2.45, 2.75) is 13.8 Å². The van der Waals surface area contributed by atoms with Gasteiger partial charge in [-0.3, -0.25) is 0 Å². The zero-order valence-corrected chi connectivity index (χ0v) is 5.87. The van der Waals surface area contributed by atoms with E-state index in [0.717, 1.165) is 0 Å². The van der Waals surface area contributed by atoms with Crippen LogP contribution in [0.3, 0.4) is 0 Å². The summed E-state index contributed by atoms with van der Waals surface area (Å²) in [5, 5.41) is 0. The first kappa shape index (κ1) is 7.76. The van der Waals surface area contributed by atoms with Crippen LogP contribution in [0.5, 0.6) is 0 Å². The lowest BCUT2D eigenvalue weighted by atomic mass is 10.4. The average Bonchev–Trinajstić information content (AvgIpc) is 1.65. The van der Waals surface area contributed by atoms with E-state index in [0.29, 0.717) is 4.91 Å². The second kappa shape index (κ2) is 3.72. The standard InChI is InChI=1S/C6H9FS/c1-3-6(8)4-5(2)7/h3-4,8H,1-2H3/b5-4+,6-3+. The van der Waals surface area contributed by atoms with Crippen LogP contribution < -0.4 is 0 Å². The minimum atomic E-state index is -0.215. The molecule has 0 fully saturated rings. The highest BCUT2D eigenvalue weighted by Crippen LogP contribution is 2.05. The molecule has 46 valence electrons. The summed E-state index contributed by atoms with van der Waals surface area (Å²) in [4.78, 5) is 0.657. The van der Waals surface area contributed by atoms with E-state index in [2.05, 4.69) is 12.6 Å². The van der Waals surface area contributed by atoms with Gasteiger partial charge in [-0.1, -0.05) is 6.08 Å². The Hall–Kier alpha value is -0.240. The van der Waals surface area contributed by atoms with E-state index >= 15 is 0 Å². The second-order valence-electron chi connectivity index (χ2n) is 1.44. The lowest BCUT2D eigenvalue weighted by Gasteiger charge is -1.84. The quantitative estimate of drug-likeness (QED) is 0.411. The minimum Gasteiger partial charge on any atom is -0.212 e. The highest BCUT2D eigenvalue weighted by Gasteiger charge is 1.81. The number of allylic oxidation sites excluding steroid dienone is 3. The summed E-state index contributed by atoms with van der Waals surface area (Å²) in [7, 11) is 0. The summed E-state index contributed by atoms with van der Waals surface area (Å²) in [6.45, 7) is 3.20. The third-order valence-electron chi connectivity index (χ3n) is 0.643. The first-order valence-electron chi connectivity index (χ1n) is 2.36. The van der Waals surface area contributed by atoms with Gasteiger partial charge in [-0.2, -0.15) is 0 Å². The number of rotatable bonds is 1. The van der Waals surface area contributed by atoms with Crippen molar-refractivity contribution < 1.29 is 4.39 Å². The van der Waals surface area contributed by atoms with Gasteiger partial charge in [-0.05, 0) is 19.9 Å². The molecule has 2 heteroatoms. The Bertz CT molecular complexity index is 120. The van der Waals surface area contributed by atoms with Crippen molar-refractivity contribution in [3.63, 3.8) is 0 Å². The van der Waals surface area contributed by atoms with Gasteiger partial charge in [0.05, 0.1) is 5.83 Å². The Morgan fingerprint density at radius 1 is 1.62 bits per heavy atom. The first-order valence-corrected chi connectivity index (χ1v) is 2.80. The molecule has 0 heterocycles. The number of halogens is 1. The van der Waals surface area contributed by atoms with Gasteiger partial charge in [-0.25, -0.2) is 4.39 Å². The molecule has 0 spiro atoms. The summed E-state index contributed by atoms with van der Waals surface area (Å²) in [6.07, 6.45) is 3.09. The Labute approximate surface area is 54.5 Å². The normalized spacial score (nSPS) is 14.5. The number of hydrogen-bond donors (Lipinski definition) is 1. The molecule has 0 N–H and O–H groups in total. The predicted molar refractivity (Wildman–Crippen MR) is 37.6 cm³/mol. The van der Waals surface area contributed by atoms with E-state index in [1.165, 1.54) is 13.0 Å². The fourth-order valence-electron chi connectivity index (χ4n) is 0.287. The summed E-state index contributed by atoms with van der Waals surface area (Å²) in [6, 6.07) is 0. The third-order valence-corrected chi connectivity index (χ3v) is 1.03. The van der Waals surface area contributed by atoms with Gasteiger partial charge in [0, 0.05) is 4.91 Å². The zero-order valence-electron chi connectivity index (χ0n) is 4.98. The molecule has 0 aromatic heterocycles. The van der Waals surface area contributed by atoms with Crippen molar-refractivity contribution in [1.82, 2.24) is 0 Å². The van der Waals surface area contributed by atoms with Crippen molar-refractivity contribution in [3.05, 3.63) is 22.9 Å². The van der Waals surface area contributed by atoms with Gasteiger partial charge in [-0.15, -0.1) is 12.6 Å². The van der Waals surface area contributed by atoms with Crippen molar-refractivity contribution in [3.8, 4) is 0 Å². The van der Waals surface area contributed by atoms with Gasteiger partial charge in [0.25, 0.3) is 0 Å². The Morgan fingerprint density at radius 3 is 2.25 bits per heavy atom. The molecule has 0 aromatic carbocycles. The van der Waals surface area contributed by atoms with Gasteiger partial charge in [0.1, 0.15) is 0 Å². The van der Waals surface area contributed by atoms with Crippen molar-refractivity contribution >= 4 is 12.6 Å². The summed E-state index contributed by atoms with van der Waals surface area (Å²) < 4.78 is 11.9. The van der Waals surface area contributed by atoms with Gasteiger partial charge < -0.3 is 0 Å². The lowest BCUT2D eigenvalue weighted by molar-refractivity contribution is 0.640. The van der Waals surface area contributed by atoms with Crippen LogP contribution in [0, 0.1) is 0 Å². The Balaban J connectivity index is 3.89. The molecule has 0 amide bonds. The molecule has 0 bridgehead atoms. The van der Waals surface area contributed by atoms with E-state index in [1.54, 1.807) is 6.08 Å².